The van der Waals surface area contributed by atoms with E-state index in [1.165, 1.54) is 13.2 Å². The largest absolute Gasteiger partial charge is 0.490 e. The molecule has 0 aliphatic carbocycles. The summed E-state index contributed by atoms with van der Waals surface area (Å²) in [6, 6.07) is 4.84. The molecule has 0 unspecified atom stereocenters. The third kappa shape index (κ3) is 4.42. The van der Waals surface area contributed by atoms with E-state index < -0.39 is 4.92 Å². The molecule has 2 N–H and O–H groups in total. The Morgan fingerprint density at radius 1 is 1.45 bits per heavy atom. The van der Waals surface area contributed by atoms with Crippen LogP contribution in [0.1, 0.15) is 20.3 Å². The number of amides is 1. The van der Waals surface area contributed by atoms with Crippen molar-refractivity contribution in [3.63, 3.8) is 0 Å². The number of para-hydroxylation sites is 1. The summed E-state index contributed by atoms with van der Waals surface area (Å²) in [5.74, 6) is 0.0877. The minimum absolute atomic E-state index is 0.0775. The maximum Gasteiger partial charge on any atom is 0.333 e. The molecule has 0 atom stereocenters. The number of carbonyl (C=O) groups excluding carboxylic acids is 1. The van der Waals surface area contributed by atoms with Crippen LogP contribution in [0.4, 0.5) is 11.4 Å². The van der Waals surface area contributed by atoms with Crippen molar-refractivity contribution >= 4 is 17.3 Å². The van der Waals surface area contributed by atoms with Crippen LogP contribution in [-0.2, 0) is 4.79 Å². The number of benzene rings is 1. The highest BCUT2D eigenvalue weighted by Crippen LogP contribution is 2.34. The van der Waals surface area contributed by atoms with Gasteiger partial charge in [-0.15, -0.1) is 0 Å². The molecule has 0 heterocycles. The van der Waals surface area contributed by atoms with Crippen LogP contribution < -0.4 is 15.4 Å². The summed E-state index contributed by atoms with van der Waals surface area (Å²) in [7, 11) is 1.38. The van der Waals surface area contributed by atoms with Gasteiger partial charge in [0.25, 0.3) is 0 Å². The zero-order valence-corrected chi connectivity index (χ0v) is 11.8. The summed E-state index contributed by atoms with van der Waals surface area (Å²) in [6.45, 7) is 4.06. The molecule has 110 valence electrons. The van der Waals surface area contributed by atoms with Crippen LogP contribution in [-0.4, -0.2) is 30.5 Å². The van der Waals surface area contributed by atoms with Gasteiger partial charge >= 0.3 is 5.69 Å². The molecule has 20 heavy (non-hydrogen) atoms. The molecule has 0 aliphatic heterocycles. The number of ether oxygens (including phenoxy) is 1. The summed E-state index contributed by atoms with van der Waals surface area (Å²) < 4.78 is 4.97. The van der Waals surface area contributed by atoms with Gasteiger partial charge in [-0.25, -0.2) is 0 Å². The fraction of sp³-hybridized carbons (Fsp3) is 0.462. The summed E-state index contributed by atoms with van der Waals surface area (Å²) in [5, 5.41) is 16.7. The van der Waals surface area contributed by atoms with E-state index in [2.05, 4.69) is 10.6 Å². The SMILES string of the molecule is COc1cccc(NCCC(=O)NC(C)C)c1[N+](=O)[O-]. The molecular formula is C13H19N3O4. The number of methoxy groups -OCH3 is 1. The number of nitrogens with zero attached hydrogens (tertiary/aromatic N) is 1. The molecule has 7 nitrogen and oxygen atoms in total. The van der Waals surface area contributed by atoms with Crippen LogP contribution in [0.2, 0.25) is 0 Å². The Morgan fingerprint density at radius 2 is 2.15 bits per heavy atom. The fourth-order valence-electron chi connectivity index (χ4n) is 1.72. The van der Waals surface area contributed by atoms with Gasteiger partial charge in [0.05, 0.1) is 12.0 Å². The number of anilines is 1. The van der Waals surface area contributed by atoms with Gasteiger partial charge < -0.3 is 15.4 Å². The lowest BCUT2D eigenvalue weighted by Crippen LogP contribution is -2.31. The van der Waals surface area contributed by atoms with Crippen molar-refractivity contribution in [2.45, 2.75) is 26.3 Å². The molecule has 1 amide bonds. The van der Waals surface area contributed by atoms with E-state index in [0.717, 1.165) is 0 Å². The predicted octanol–water partition coefficient (Wildman–Crippen LogP) is 1.93. The van der Waals surface area contributed by atoms with E-state index in [4.69, 9.17) is 4.74 Å². The first-order valence-corrected chi connectivity index (χ1v) is 6.30. The summed E-state index contributed by atoms with van der Waals surface area (Å²) >= 11 is 0. The second-order valence-corrected chi connectivity index (χ2v) is 4.51. The lowest BCUT2D eigenvalue weighted by Gasteiger charge is -2.11. The van der Waals surface area contributed by atoms with E-state index in [1.54, 1.807) is 12.1 Å². The Morgan fingerprint density at radius 3 is 2.70 bits per heavy atom. The smallest absolute Gasteiger partial charge is 0.333 e. The second-order valence-electron chi connectivity index (χ2n) is 4.51. The van der Waals surface area contributed by atoms with Crippen LogP contribution in [0.5, 0.6) is 5.75 Å². The monoisotopic (exact) mass is 281 g/mol. The molecule has 0 radical (unpaired) electrons. The third-order valence-electron chi connectivity index (χ3n) is 2.52. The van der Waals surface area contributed by atoms with E-state index in [1.807, 2.05) is 13.8 Å². The molecule has 7 heteroatoms. The van der Waals surface area contributed by atoms with Crippen LogP contribution in [0, 0.1) is 10.1 Å². The fourth-order valence-corrected chi connectivity index (χ4v) is 1.72. The predicted molar refractivity (Wildman–Crippen MR) is 76.0 cm³/mol. The molecule has 0 saturated carbocycles. The van der Waals surface area contributed by atoms with E-state index >= 15 is 0 Å². The second kappa shape index (κ2) is 7.32. The molecule has 0 spiro atoms. The molecular weight excluding hydrogens is 262 g/mol. The Kier molecular flexibility index (Phi) is 5.76. The molecule has 0 aliphatic rings. The minimum Gasteiger partial charge on any atom is -0.490 e. The van der Waals surface area contributed by atoms with Crippen LogP contribution in [0.25, 0.3) is 0 Å². The van der Waals surface area contributed by atoms with Crippen molar-refractivity contribution in [2.75, 3.05) is 19.0 Å². The maximum atomic E-state index is 11.5. The quantitative estimate of drug-likeness (QED) is 0.588. The number of nitro benzene ring substituents is 1. The van der Waals surface area contributed by atoms with Crippen LogP contribution >= 0.6 is 0 Å². The topological polar surface area (TPSA) is 93.5 Å². The summed E-state index contributed by atoms with van der Waals surface area (Å²) in [6.07, 6.45) is 0.243. The average Bonchev–Trinajstić information content (AvgIpc) is 2.37. The van der Waals surface area contributed by atoms with Crippen LogP contribution in [0.3, 0.4) is 0 Å². The molecule has 1 aromatic carbocycles. The molecule has 0 aromatic heterocycles. The lowest BCUT2D eigenvalue weighted by molar-refractivity contribution is -0.384. The molecule has 0 saturated heterocycles. The van der Waals surface area contributed by atoms with Gasteiger partial charge in [-0.3, -0.25) is 14.9 Å². The third-order valence-corrected chi connectivity index (χ3v) is 2.52. The van der Waals surface area contributed by atoms with Crippen LogP contribution in [0.15, 0.2) is 18.2 Å². The number of carbonyl (C=O) groups is 1. The average molecular weight is 281 g/mol. The maximum absolute atomic E-state index is 11.5. The van der Waals surface area contributed by atoms with Gasteiger partial charge in [-0.05, 0) is 26.0 Å². The van der Waals surface area contributed by atoms with Gasteiger partial charge in [0.15, 0.2) is 5.75 Å². The first-order valence-electron chi connectivity index (χ1n) is 6.30. The van der Waals surface area contributed by atoms with E-state index in [9.17, 15) is 14.9 Å². The van der Waals surface area contributed by atoms with Gasteiger partial charge in [-0.1, -0.05) is 6.07 Å². The molecule has 0 bridgehead atoms. The normalized spacial score (nSPS) is 10.2. The van der Waals surface area contributed by atoms with Crippen molar-refractivity contribution in [1.82, 2.24) is 5.32 Å². The number of nitrogens with one attached hydrogen (secondary N) is 2. The zero-order chi connectivity index (χ0) is 15.1. The number of hydrogen-bond donors (Lipinski definition) is 2. The Hall–Kier alpha value is -2.31. The van der Waals surface area contributed by atoms with E-state index in [0.29, 0.717) is 12.2 Å². The first-order chi connectivity index (χ1) is 9.45. The Labute approximate surface area is 117 Å². The van der Waals surface area contributed by atoms with Crippen molar-refractivity contribution in [3.05, 3.63) is 28.3 Å². The van der Waals surface area contributed by atoms with Crippen molar-refractivity contribution in [1.29, 1.82) is 0 Å². The van der Waals surface area contributed by atoms with Gasteiger partial charge in [0.2, 0.25) is 5.91 Å². The minimum atomic E-state index is -0.505. The standard InChI is InChI=1S/C13H19N3O4/c1-9(2)15-12(17)7-8-14-10-5-4-6-11(20-3)13(10)16(18)19/h4-6,9,14H,7-8H2,1-3H3,(H,15,17). The van der Waals surface area contributed by atoms with Gasteiger partial charge in [0.1, 0.15) is 5.69 Å². The van der Waals surface area contributed by atoms with Gasteiger partial charge in [-0.2, -0.15) is 0 Å². The number of nitro groups is 1. The number of rotatable bonds is 7. The van der Waals surface area contributed by atoms with Crippen molar-refractivity contribution in [2.24, 2.45) is 0 Å². The highest BCUT2D eigenvalue weighted by molar-refractivity contribution is 5.77. The van der Waals surface area contributed by atoms with Crippen molar-refractivity contribution < 1.29 is 14.5 Å². The molecule has 0 fully saturated rings. The first kappa shape index (κ1) is 15.7. The lowest BCUT2D eigenvalue weighted by atomic mass is 10.2. The summed E-state index contributed by atoms with van der Waals surface area (Å²) in [4.78, 5) is 22.0. The number of hydrogen-bond acceptors (Lipinski definition) is 5. The van der Waals surface area contributed by atoms with E-state index in [-0.39, 0.29) is 29.8 Å². The Balaban J connectivity index is 2.69. The summed E-state index contributed by atoms with van der Waals surface area (Å²) in [5.41, 5.74) is 0.214. The zero-order valence-electron chi connectivity index (χ0n) is 11.8. The Bertz CT molecular complexity index is 489. The highest BCUT2D eigenvalue weighted by atomic mass is 16.6. The van der Waals surface area contributed by atoms with Crippen molar-refractivity contribution in [3.8, 4) is 5.75 Å². The molecule has 1 rings (SSSR count). The highest BCUT2D eigenvalue weighted by Gasteiger charge is 2.20. The van der Waals surface area contributed by atoms with Gasteiger partial charge in [0, 0.05) is 19.0 Å². The molecule has 1 aromatic rings.